The molecule has 1 amide bonds. The minimum Gasteiger partial charge on any atom is -0.495 e. The van der Waals surface area contributed by atoms with Crippen LogP contribution in [0.3, 0.4) is 0 Å². The van der Waals surface area contributed by atoms with Crippen LogP contribution in [-0.4, -0.2) is 28.3 Å². The molecule has 1 aromatic heterocycles. The van der Waals surface area contributed by atoms with Gasteiger partial charge in [-0.15, -0.1) is 0 Å². The van der Waals surface area contributed by atoms with Crippen LogP contribution in [0.15, 0.2) is 70.6 Å². The molecule has 3 aromatic carbocycles. The summed E-state index contributed by atoms with van der Waals surface area (Å²) >= 11 is 7.09. The Balaban J connectivity index is 1.68. The van der Waals surface area contributed by atoms with Gasteiger partial charge >= 0.3 is 0 Å². The van der Waals surface area contributed by atoms with Gasteiger partial charge in [0.1, 0.15) is 11.6 Å². The van der Waals surface area contributed by atoms with Gasteiger partial charge in [-0.1, -0.05) is 41.6 Å². The van der Waals surface area contributed by atoms with Gasteiger partial charge < -0.3 is 10.1 Å². The number of methoxy groups -OCH3 is 1. The van der Waals surface area contributed by atoms with Crippen LogP contribution < -0.4 is 15.6 Å². The van der Waals surface area contributed by atoms with Crippen molar-refractivity contribution >= 4 is 45.9 Å². The molecule has 0 radical (unpaired) electrons. The van der Waals surface area contributed by atoms with Gasteiger partial charge in [-0.2, -0.15) is 0 Å². The fourth-order valence-corrected chi connectivity index (χ4v) is 4.24. The van der Waals surface area contributed by atoms with Gasteiger partial charge in [0, 0.05) is 5.02 Å². The summed E-state index contributed by atoms with van der Waals surface area (Å²) in [4.78, 5) is 30.5. The van der Waals surface area contributed by atoms with E-state index in [1.165, 1.54) is 17.7 Å². The molecule has 0 unspecified atom stereocenters. The average Bonchev–Trinajstić information content (AvgIpc) is 2.80. The van der Waals surface area contributed by atoms with Crippen molar-refractivity contribution in [3.63, 3.8) is 0 Å². The zero-order valence-electron chi connectivity index (χ0n) is 17.8. The van der Waals surface area contributed by atoms with E-state index in [4.69, 9.17) is 16.3 Å². The molecule has 0 saturated carbocycles. The standard InChI is InChI=1S/C24H19ClFN3O3S/c1-14-7-9-16(12-18(14)26)29-23(31)17-5-3-4-6-19(17)28-24(29)33-13-22(30)27-20-11-15(25)8-10-21(20)32-2/h3-12H,13H2,1-2H3,(H,27,30). The maximum Gasteiger partial charge on any atom is 0.266 e. The van der Waals surface area contributed by atoms with Crippen molar-refractivity contribution in [3.05, 3.63) is 87.4 Å². The first-order chi connectivity index (χ1) is 15.9. The Morgan fingerprint density at radius 2 is 1.97 bits per heavy atom. The molecule has 0 saturated heterocycles. The van der Waals surface area contributed by atoms with Crippen LogP contribution >= 0.6 is 23.4 Å². The number of thioether (sulfide) groups is 1. The number of aromatic nitrogens is 2. The lowest BCUT2D eigenvalue weighted by molar-refractivity contribution is -0.113. The third kappa shape index (κ3) is 4.86. The number of benzene rings is 3. The predicted molar refractivity (Wildman–Crippen MR) is 129 cm³/mol. The lowest BCUT2D eigenvalue weighted by Crippen LogP contribution is -2.23. The van der Waals surface area contributed by atoms with Crippen LogP contribution in [0, 0.1) is 12.7 Å². The molecule has 4 rings (SSSR count). The van der Waals surface area contributed by atoms with Crippen molar-refractivity contribution in [2.45, 2.75) is 12.1 Å². The topological polar surface area (TPSA) is 73.2 Å². The number of carbonyl (C=O) groups excluding carboxylic acids is 1. The molecule has 168 valence electrons. The van der Waals surface area contributed by atoms with E-state index in [1.54, 1.807) is 61.5 Å². The molecule has 9 heteroatoms. The Bertz CT molecular complexity index is 1420. The summed E-state index contributed by atoms with van der Waals surface area (Å²) in [7, 11) is 1.49. The summed E-state index contributed by atoms with van der Waals surface area (Å²) in [6.45, 7) is 1.64. The van der Waals surface area contributed by atoms with Crippen molar-refractivity contribution in [2.75, 3.05) is 18.2 Å². The molecule has 4 aromatic rings. The van der Waals surface area contributed by atoms with Crippen molar-refractivity contribution in [1.29, 1.82) is 0 Å². The molecule has 0 aliphatic rings. The first kappa shape index (κ1) is 22.8. The number of carbonyl (C=O) groups is 1. The van der Waals surface area contributed by atoms with Crippen LogP contribution in [0.1, 0.15) is 5.56 Å². The number of aryl methyl sites for hydroxylation is 1. The zero-order valence-corrected chi connectivity index (χ0v) is 19.3. The Kier molecular flexibility index (Phi) is 6.67. The highest BCUT2D eigenvalue weighted by atomic mass is 35.5. The van der Waals surface area contributed by atoms with E-state index >= 15 is 0 Å². The summed E-state index contributed by atoms with van der Waals surface area (Å²) in [5.41, 5.74) is 1.37. The second-order valence-electron chi connectivity index (χ2n) is 7.17. The summed E-state index contributed by atoms with van der Waals surface area (Å²) < 4.78 is 20.8. The zero-order chi connectivity index (χ0) is 23.5. The maximum atomic E-state index is 14.3. The number of hydrogen-bond donors (Lipinski definition) is 1. The van der Waals surface area contributed by atoms with Crippen LogP contribution in [-0.2, 0) is 4.79 Å². The van der Waals surface area contributed by atoms with E-state index < -0.39 is 5.82 Å². The minimum atomic E-state index is -0.436. The number of nitrogens with one attached hydrogen (secondary N) is 1. The fraction of sp³-hybridized carbons (Fsp3) is 0.125. The van der Waals surface area contributed by atoms with Crippen molar-refractivity contribution < 1.29 is 13.9 Å². The third-order valence-corrected chi connectivity index (χ3v) is 6.10. The van der Waals surface area contributed by atoms with E-state index in [0.717, 1.165) is 11.8 Å². The first-order valence-electron chi connectivity index (χ1n) is 9.92. The lowest BCUT2D eigenvalue weighted by Gasteiger charge is -2.14. The molecular formula is C24H19ClFN3O3S. The number of ether oxygens (including phenoxy) is 1. The smallest absolute Gasteiger partial charge is 0.266 e. The molecule has 0 spiro atoms. The monoisotopic (exact) mass is 483 g/mol. The SMILES string of the molecule is COc1ccc(Cl)cc1NC(=O)CSc1nc2ccccc2c(=O)n1-c1ccc(C)c(F)c1. The maximum absolute atomic E-state index is 14.3. The number of para-hydroxylation sites is 1. The molecule has 0 bridgehead atoms. The number of anilines is 1. The molecule has 33 heavy (non-hydrogen) atoms. The normalized spacial score (nSPS) is 10.9. The second-order valence-corrected chi connectivity index (χ2v) is 8.55. The van der Waals surface area contributed by atoms with Gasteiger partial charge in [0.25, 0.3) is 5.56 Å². The van der Waals surface area contributed by atoms with Crippen LogP contribution in [0.5, 0.6) is 5.75 Å². The van der Waals surface area contributed by atoms with Crippen molar-refractivity contribution in [1.82, 2.24) is 9.55 Å². The number of rotatable bonds is 6. The van der Waals surface area contributed by atoms with Crippen LogP contribution in [0.25, 0.3) is 16.6 Å². The molecular weight excluding hydrogens is 465 g/mol. The summed E-state index contributed by atoms with van der Waals surface area (Å²) in [6, 6.07) is 16.3. The highest BCUT2D eigenvalue weighted by Gasteiger charge is 2.16. The molecule has 1 N–H and O–H groups in total. The largest absolute Gasteiger partial charge is 0.495 e. The Hall–Kier alpha value is -3.36. The van der Waals surface area contributed by atoms with Gasteiger partial charge in [0.15, 0.2) is 5.16 Å². The van der Waals surface area contributed by atoms with Crippen LogP contribution in [0.4, 0.5) is 10.1 Å². The number of nitrogens with zero attached hydrogens (tertiary/aromatic N) is 2. The minimum absolute atomic E-state index is 0.0468. The Labute approximate surface area is 198 Å². The van der Waals surface area contributed by atoms with E-state index in [1.807, 2.05) is 0 Å². The number of hydrogen-bond acceptors (Lipinski definition) is 5. The average molecular weight is 484 g/mol. The lowest BCUT2D eigenvalue weighted by atomic mass is 10.2. The third-order valence-electron chi connectivity index (χ3n) is 4.93. The summed E-state index contributed by atoms with van der Waals surface area (Å²) in [6.07, 6.45) is 0. The molecule has 0 aliphatic heterocycles. The fourth-order valence-electron chi connectivity index (χ4n) is 3.25. The molecule has 6 nitrogen and oxygen atoms in total. The number of halogens is 2. The number of amides is 1. The van der Waals surface area contributed by atoms with E-state index in [0.29, 0.717) is 38.6 Å². The van der Waals surface area contributed by atoms with Crippen molar-refractivity contribution in [2.24, 2.45) is 0 Å². The molecule has 0 aliphatic carbocycles. The Morgan fingerprint density at radius 3 is 2.73 bits per heavy atom. The molecule has 1 heterocycles. The predicted octanol–water partition coefficient (Wildman–Crippen LogP) is 5.23. The first-order valence-corrected chi connectivity index (χ1v) is 11.3. The second kappa shape index (κ2) is 9.64. The highest BCUT2D eigenvalue weighted by Crippen LogP contribution is 2.28. The van der Waals surface area contributed by atoms with Gasteiger partial charge in [-0.25, -0.2) is 9.37 Å². The molecule has 0 atom stereocenters. The molecule has 0 fully saturated rings. The van der Waals surface area contributed by atoms with Gasteiger partial charge in [-0.3, -0.25) is 14.2 Å². The van der Waals surface area contributed by atoms with Crippen molar-refractivity contribution in [3.8, 4) is 11.4 Å². The quantitative estimate of drug-likeness (QED) is 0.300. The van der Waals surface area contributed by atoms with Crippen LogP contribution in [0.2, 0.25) is 5.02 Å². The number of fused-ring (bicyclic) bond motifs is 1. The van der Waals surface area contributed by atoms with E-state index in [-0.39, 0.29) is 22.4 Å². The van der Waals surface area contributed by atoms with E-state index in [9.17, 15) is 14.0 Å². The van der Waals surface area contributed by atoms with Gasteiger partial charge in [0.05, 0.1) is 35.1 Å². The Morgan fingerprint density at radius 1 is 1.18 bits per heavy atom. The highest BCUT2D eigenvalue weighted by molar-refractivity contribution is 7.99. The summed E-state index contributed by atoms with van der Waals surface area (Å²) in [5.74, 6) is -0.359. The summed E-state index contributed by atoms with van der Waals surface area (Å²) in [5, 5.41) is 3.88. The van der Waals surface area contributed by atoms with Gasteiger partial charge in [0.2, 0.25) is 5.91 Å². The van der Waals surface area contributed by atoms with Gasteiger partial charge in [-0.05, 0) is 55.0 Å². The van der Waals surface area contributed by atoms with E-state index in [2.05, 4.69) is 10.3 Å².